The first kappa shape index (κ1) is 13.8. The highest BCUT2D eigenvalue weighted by atomic mass is 16.1. The van der Waals surface area contributed by atoms with Crippen LogP contribution in [0.1, 0.15) is 64.7 Å². The normalized spacial score (nSPS) is 37.8. The van der Waals surface area contributed by atoms with E-state index in [1.54, 1.807) is 6.08 Å². The van der Waals surface area contributed by atoms with E-state index in [-0.39, 0.29) is 0 Å². The Morgan fingerprint density at radius 1 is 0.889 bits per heavy atom. The van der Waals surface area contributed by atoms with Crippen LogP contribution in [-0.4, -0.2) is 6.29 Å². The van der Waals surface area contributed by atoms with Gasteiger partial charge in [-0.05, 0) is 68.3 Å². The number of carbonyl (C=O) groups is 1. The third-order valence-corrected chi connectivity index (χ3v) is 5.41. The van der Waals surface area contributed by atoms with Crippen LogP contribution in [-0.2, 0) is 4.79 Å². The number of hydrogen-bond acceptors (Lipinski definition) is 1. The van der Waals surface area contributed by atoms with Gasteiger partial charge in [-0.3, -0.25) is 4.79 Å². The van der Waals surface area contributed by atoms with Gasteiger partial charge in [0.1, 0.15) is 6.29 Å². The summed E-state index contributed by atoms with van der Waals surface area (Å²) in [6, 6.07) is 0. The Morgan fingerprint density at radius 2 is 1.44 bits per heavy atom. The summed E-state index contributed by atoms with van der Waals surface area (Å²) >= 11 is 0. The molecular formula is C17H28O. The first-order valence-electron chi connectivity index (χ1n) is 7.95. The molecule has 18 heavy (non-hydrogen) atoms. The molecule has 0 saturated heterocycles. The summed E-state index contributed by atoms with van der Waals surface area (Å²) in [4.78, 5) is 10.3. The molecule has 0 aromatic carbocycles. The van der Waals surface area contributed by atoms with E-state index in [1.165, 1.54) is 57.8 Å². The topological polar surface area (TPSA) is 17.1 Å². The molecule has 0 atom stereocenters. The van der Waals surface area contributed by atoms with E-state index >= 15 is 0 Å². The third kappa shape index (κ3) is 3.70. The summed E-state index contributed by atoms with van der Waals surface area (Å²) in [6.07, 6.45) is 17.5. The zero-order valence-corrected chi connectivity index (χ0v) is 11.8. The molecule has 1 heteroatoms. The zero-order valence-electron chi connectivity index (χ0n) is 11.8. The van der Waals surface area contributed by atoms with Crippen LogP contribution in [0.4, 0.5) is 0 Å². The molecule has 2 rings (SSSR count). The van der Waals surface area contributed by atoms with Crippen LogP contribution in [0.5, 0.6) is 0 Å². The molecule has 0 aromatic rings. The predicted molar refractivity (Wildman–Crippen MR) is 76.4 cm³/mol. The van der Waals surface area contributed by atoms with E-state index in [0.717, 1.165) is 24.0 Å². The molecule has 2 saturated carbocycles. The summed E-state index contributed by atoms with van der Waals surface area (Å²) in [7, 11) is 0. The summed E-state index contributed by atoms with van der Waals surface area (Å²) < 4.78 is 0. The van der Waals surface area contributed by atoms with Crippen LogP contribution in [0, 0.1) is 23.7 Å². The van der Waals surface area contributed by atoms with E-state index < -0.39 is 0 Å². The fraction of sp³-hybridized carbons (Fsp3) is 0.824. The summed E-state index contributed by atoms with van der Waals surface area (Å²) in [5.41, 5.74) is 0. The van der Waals surface area contributed by atoms with Gasteiger partial charge in [-0.15, -0.1) is 0 Å². The molecular weight excluding hydrogens is 220 g/mol. The smallest absolute Gasteiger partial charge is 0.142 e. The quantitative estimate of drug-likeness (QED) is 0.517. The molecule has 0 radical (unpaired) electrons. The van der Waals surface area contributed by atoms with Gasteiger partial charge < -0.3 is 0 Å². The van der Waals surface area contributed by atoms with Crippen molar-refractivity contribution in [2.75, 3.05) is 0 Å². The van der Waals surface area contributed by atoms with Crippen LogP contribution in [0.3, 0.4) is 0 Å². The van der Waals surface area contributed by atoms with Crippen LogP contribution < -0.4 is 0 Å². The van der Waals surface area contributed by atoms with Gasteiger partial charge in [-0.25, -0.2) is 0 Å². The van der Waals surface area contributed by atoms with Gasteiger partial charge >= 0.3 is 0 Å². The fourth-order valence-electron chi connectivity index (χ4n) is 4.08. The van der Waals surface area contributed by atoms with Gasteiger partial charge in [0.2, 0.25) is 0 Å². The number of hydrogen-bond donors (Lipinski definition) is 0. The SMILES string of the molecule is CC[C@H]1CC[C@H](C2CCC(C=CC=O)CC2)CC1. The van der Waals surface area contributed by atoms with Crippen LogP contribution in [0.2, 0.25) is 0 Å². The molecule has 2 fully saturated rings. The van der Waals surface area contributed by atoms with Crippen molar-refractivity contribution in [3.63, 3.8) is 0 Å². The molecule has 0 unspecified atom stereocenters. The van der Waals surface area contributed by atoms with Gasteiger partial charge in [0, 0.05) is 0 Å². The summed E-state index contributed by atoms with van der Waals surface area (Å²) in [5, 5.41) is 0. The highest BCUT2D eigenvalue weighted by Crippen LogP contribution is 2.42. The number of carbonyl (C=O) groups excluding carboxylic acids is 1. The molecule has 0 amide bonds. The first-order valence-corrected chi connectivity index (χ1v) is 7.95. The lowest BCUT2D eigenvalue weighted by Gasteiger charge is -2.37. The van der Waals surface area contributed by atoms with Gasteiger partial charge in [-0.1, -0.05) is 32.3 Å². The molecule has 0 aliphatic heterocycles. The predicted octanol–water partition coefficient (Wildman–Crippen LogP) is 4.76. The van der Waals surface area contributed by atoms with Gasteiger partial charge in [-0.2, -0.15) is 0 Å². The summed E-state index contributed by atoms with van der Waals surface area (Å²) in [5.74, 6) is 3.71. The minimum absolute atomic E-state index is 0.679. The van der Waals surface area contributed by atoms with Crippen molar-refractivity contribution in [2.45, 2.75) is 64.7 Å². The van der Waals surface area contributed by atoms with Crippen molar-refractivity contribution in [2.24, 2.45) is 23.7 Å². The Labute approximate surface area is 112 Å². The largest absolute Gasteiger partial charge is 0.299 e. The second kappa shape index (κ2) is 7.11. The highest BCUT2D eigenvalue weighted by molar-refractivity contribution is 5.64. The molecule has 102 valence electrons. The van der Waals surface area contributed by atoms with Crippen LogP contribution in [0.15, 0.2) is 12.2 Å². The average molecular weight is 248 g/mol. The molecule has 2 aliphatic rings. The van der Waals surface area contributed by atoms with E-state index in [1.807, 2.05) is 0 Å². The van der Waals surface area contributed by atoms with E-state index in [4.69, 9.17) is 0 Å². The molecule has 1 nitrogen and oxygen atoms in total. The lowest BCUT2D eigenvalue weighted by Crippen LogP contribution is -2.25. The van der Waals surface area contributed by atoms with Crippen molar-refractivity contribution in [3.05, 3.63) is 12.2 Å². The van der Waals surface area contributed by atoms with E-state index in [9.17, 15) is 4.79 Å². The molecule has 0 bridgehead atoms. The summed E-state index contributed by atoms with van der Waals surface area (Å²) in [6.45, 7) is 2.34. The lowest BCUT2D eigenvalue weighted by atomic mass is 9.69. The third-order valence-electron chi connectivity index (χ3n) is 5.41. The second-order valence-electron chi connectivity index (χ2n) is 6.38. The Hall–Kier alpha value is -0.590. The Kier molecular flexibility index (Phi) is 5.46. The molecule has 0 N–H and O–H groups in total. The Bertz CT molecular complexity index is 265. The van der Waals surface area contributed by atoms with Crippen LogP contribution >= 0.6 is 0 Å². The maximum atomic E-state index is 10.3. The van der Waals surface area contributed by atoms with Gasteiger partial charge in [0.25, 0.3) is 0 Å². The van der Waals surface area contributed by atoms with Gasteiger partial charge in [0.05, 0.1) is 0 Å². The Morgan fingerprint density at radius 3 is 1.94 bits per heavy atom. The zero-order chi connectivity index (χ0) is 12.8. The number of aldehydes is 1. The van der Waals surface area contributed by atoms with Crippen molar-refractivity contribution in [3.8, 4) is 0 Å². The first-order chi connectivity index (χ1) is 8.83. The minimum atomic E-state index is 0.679. The van der Waals surface area contributed by atoms with Crippen molar-refractivity contribution >= 4 is 6.29 Å². The van der Waals surface area contributed by atoms with E-state index in [0.29, 0.717) is 5.92 Å². The standard InChI is InChI=1S/C17H28O/c1-2-14-5-9-16(10-6-14)17-11-7-15(8-12-17)4-3-13-18/h3-4,13-17H,2,5-12H2,1H3/t14-,15?,16-,17?. The molecule has 0 aromatic heterocycles. The maximum absolute atomic E-state index is 10.3. The number of allylic oxidation sites excluding steroid dienone is 2. The monoisotopic (exact) mass is 248 g/mol. The minimum Gasteiger partial charge on any atom is -0.299 e. The molecule has 0 heterocycles. The number of rotatable bonds is 4. The van der Waals surface area contributed by atoms with Crippen molar-refractivity contribution < 1.29 is 4.79 Å². The maximum Gasteiger partial charge on any atom is 0.142 e. The van der Waals surface area contributed by atoms with Crippen molar-refractivity contribution in [1.82, 2.24) is 0 Å². The second-order valence-corrected chi connectivity index (χ2v) is 6.38. The molecule has 0 spiro atoms. The van der Waals surface area contributed by atoms with Crippen molar-refractivity contribution in [1.29, 1.82) is 0 Å². The fourth-order valence-corrected chi connectivity index (χ4v) is 4.08. The van der Waals surface area contributed by atoms with Gasteiger partial charge in [0.15, 0.2) is 0 Å². The van der Waals surface area contributed by atoms with Crippen LogP contribution in [0.25, 0.3) is 0 Å². The average Bonchev–Trinajstić information content (AvgIpc) is 2.46. The lowest BCUT2D eigenvalue weighted by molar-refractivity contribution is -0.104. The Balaban J connectivity index is 1.73. The molecule has 2 aliphatic carbocycles. The highest BCUT2D eigenvalue weighted by Gasteiger charge is 2.29. The van der Waals surface area contributed by atoms with E-state index in [2.05, 4.69) is 13.0 Å².